The summed E-state index contributed by atoms with van der Waals surface area (Å²) in [5.41, 5.74) is 0.470. The number of anilines is 1. The van der Waals surface area contributed by atoms with E-state index in [-0.39, 0.29) is 28.5 Å². The third-order valence-electron chi connectivity index (χ3n) is 3.39. The highest BCUT2D eigenvalue weighted by Gasteiger charge is 2.15. The molecule has 0 heterocycles. The molecule has 2 N–H and O–H groups in total. The minimum absolute atomic E-state index is 0.0390. The third kappa shape index (κ3) is 4.79. The normalized spacial score (nSPS) is 10.4. The molecule has 0 aromatic heterocycles. The van der Waals surface area contributed by atoms with Crippen LogP contribution in [0.1, 0.15) is 34.6 Å². The van der Waals surface area contributed by atoms with Crippen LogP contribution >= 0.6 is 0 Å². The number of ether oxygens (including phenoxy) is 1. The molecule has 8 nitrogen and oxygen atoms in total. The first-order valence-corrected chi connectivity index (χ1v) is 7.84. The summed E-state index contributed by atoms with van der Waals surface area (Å²) in [6, 6.07) is 9.30. The highest BCUT2D eigenvalue weighted by Crippen LogP contribution is 2.27. The number of rotatable bonds is 7. The highest BCUT2D eigenvalue weighted by molar-refractivity contribution is 6.05. The first-order chi connectivity index (χ1) is 12.3. The van der Waals surface area contributed by atoms with E-state index in [0.717, 1.165) is 0 Å². The number of benzene rings is 2. The van der Waals surface area contributed by atoms with Crippen LogP contribution in [0.5, 0.6) is 5.75 Å². The number of amides is 1. The van der Waals surface area contributed by atoms with Crippen molar-refractivity contribution in [3.8, 4) is 5.75 Å². The Kier molecular flexibility index (Phi) is 5.90. The average molecular weight is 358 g/mol. The molecule has 0 aliphatic rings. The number of hydrogen-bond acceptors (Lipinski definition) is 5. The summed E-state index contributed by atoms with van der Waals surface area (Å²) >= 11 is 0. The number of carbonyl (C=O) groups excluding carboxylic acids is 1. The van der Waals surface area contributed by atoms with Crippen LogP contribution in [-0.4, -0.2) is 28.5 Å². The van der Waals surface area contributed by atoms with Crippen molar-refractivity contribution in [2.75, 3.05) is 11.9 Å². The Labute approximate surface area is 149 Å². The standard InChI is InChI=1S/C18H18N2O6/c1-11(2)10-26-16-9-13(18(22)23)5-8-15(16)19-17(21)12-3-6-14(7-4-12)20(24)25/h3-9,11H,10H2,1-2H3,(H,19,21)(H,22,23). The first kappa shape index (κ1) is 18.9. The predicted octanol–water partition coefficient (Wildman–Crippen LogP) is 3.58. The Morgan fingerprint density at radius 3 is 2.31 bits per heavy atom. The molecule has 0 saturated carbocycles. The lowest BCUT2D eigenvalue weighted by molar-refractivity contribution is -0.384. The van der Waals surface area contributed by atoms with Crippen molar-refractivity contribution in [1.29, 1.82) is 0 Å². The van der Waals surface area contributed by atoms with Crippen LogP contribution in [0.4, 0.5) is 11.4 Å². The molecule has 0 bridgehead atoms. The van der Waals surface area contributed by atoms with E-state index in [4.69, 9.17) is 9.84 Å². The van der Waals surface area contributed by atoms with Gasteiger partial charge in [0, 0.05) is 17.7 Å². The number of carboxylic acids is 1. The topological polar surface area (TPSA) is 119 Å². The van der Waals surface area contributed by atoms with E-state index in [1.807, 2.05) is 13.8 Å². The first-order valence-electron chi connectivity index (χ1n) is 7.84. The van der Waals surface area contributed by atoms with Gasteiger partial charge in [0.25, 0.3) is 11.6 Å². The number of carbonyl (C=O) groups is 2. The zero-order chi connectivity index (χ0) is 19.3. The van der Waals surface area contributed by atoms with Crippen LogP contribution in [-0.2, 0) is 0 Å². The van der Waals surface area contributed by atoms with Crippen LogP contribution in [0, 0.1) is 16.0 Å². The Hall–Kier alpha value is -3.42. The van der Waals surface area contributed by atoms with Crippen LogP contribution in [0.25, 0.3) is 0 Å². The van der Waals surface area contributed by atoms with E-state index in [0.29, 0.717) is 12.3 Å². The number of nitro benzene ring substituents is 1. The summed E-state index contributed by atoms with van der Waals surface area (Å²) in [5.74, 6) is -1.14. The molecule has 0 atom stereocenters. The summed E-state index contributed by atoms with van der Waals surface area (Å²) in [7, 11) is 0. The molecule has 0 fully saturated rings. The maximum Gasteiger partial charge on any atom is 0.335 e. The maximum atomic E-state index is 12.4. The van der Waals surface area contributed by atoms with Gasteiger partial charge < -0.3 is 15.2 Å². The van der Waals surface area contributed by atoms with Crippen molar-refractivity contribution in [3.63, 3.8) is 0 Å². The van der Waals surface area contributed by atoms with Crippen molar-refractivity contribution in [3.05, 3.63) is 63.7 Å². The largest absolute Gasteiger partial charge is 0.491 e. The lowest BCUT2D eigenvalue weighted by atomic mass is 10.1. The second-order valence-electron chi connectivity index (χ2n) is 5.98. The minimum atomic E-state index is -1.10. The molecular formula is C18H18N2O6. The fourth-order valence-electron chi connectivity index (χ4n) is 2.06. The van der Waals surface area contributed by atoms with Gasteiger partial charge in [-0.15, -0.1) is 0 Å². The van der Waals surface area contributed by atoms with Crippen LogP contribution in [0.3, 0.4) is 0 Å². The van der Waals surface area contributed by atoms with Gasteiger partial charge in [0.05, 0.1) is 22.8 Å². The molecule has 2 aromatic carbocycles. The smallest absolute Gasteiger partial charge is 0.335 e. The van der Waals surface area contributed by atoms with Crippen molar-refractivity contribution < 1.29 is 24.4 Å². The van der Waals surface area contributed by atoms with Crippen LogP contribution < -0.4 is 10.1 Å². The number of carboxylic acid groups (broad SMARTS) is 1. The van der Waals surface area contributed by atoms with Crippen molar-refractivity contribution >= 4 is 23.3 Å². The number of nitrogens with zero attached hydrogens (tertiary/aromatic N) is 1. The van der Waals surface area contributed by atoms with Crippen molar-refractivity contribution in [2.45, 2.75) is 13.8 Å². The molecule has 1 amide bonds. The van der Waals surface area contributed by atoms with Gasteiger partial charge in [0.1, 0.15) is 5.75 Å². The van der Waals surface area contributed by atoms with Gasteiger partial charge in [-0.25, -0.2) is 4.79 Å². The Bertz CT molecular complexity index is 830. The molecule has 0 unspecified atom stereocenters. The van der Waals surface area contributed by atoms with Crippen molar-refractivity contribution in [2.24, 2.45) is 5.92 Å². The summed E-state index contributed by atoms with van der Waals surface area (Å²) in [4.78, 5) is 33.6. The quantitative estimate of drug-likeness (QED) is 0.577. The second kappa shape index (κ2) is 8.11. The number of nitrogens with one attached hydrogen (secondary N) is 1. The molecule has 136 valence electrons. The molecule has 0 aliphatic heterocycles. The monoisotopic (exact) mass is 358 g/mol. The van der Waals surface area contributed by atoms with E-state index in [1.165, 1.54) is 42.5 Å². The Morgan fingerprint density at radius 2 is 1.77 bits per heavy atom. The molecule has 0 saturated heterocycles. The molecule has 0 aliphatic carbocycles. The molecule has 2 aromatic rings. The van der Waals surface area contributed by atoms with E-state index in [2.05, 4.69) is 5.32 Å². The number of nitro groups is 1. The van der Waals surface area contributed by atoms with Gasteiger partial charge in [-0.3, -0.25) is 14.9 Å². The fraction of sp³-hybridized carbons (Fsp3) is 0.222. The predicted molar refractivity (Wildman–Crippen MR) is 94.8 cm³/mol. The average Bonchev–Trinajstić information content (AvgIpc) is 2.60. The van der Waals surface area contributed by atoms with E-state index in [9.17, 15) is 19.7 Å². The van der Waals surface area contributed by atoms with Crippen LogP contribution in [0.15, 0.2) is 42.5 Å². The highest BCUT2D eigenvalue weighted by atomic mass is 16.6. The van der Waals surface area contributed by atoms with E-state index >= 15 is 0 Å². The second-order valence-corrected chi connectivity index (χ2v) is 5.98. The van der Waals surface area contributed by atoms with Crippen LogP contribution in [0.2, 0.25) is 0 Å². The zero-order valence-corrected chi connectivity index (χ0v) is 14.3. The third-order valence-corrected chi connectivity index (χ3v) is 3.39. The van der Waals surface area contributed by atoms with Crippen molar-refractivity contribution in [1.82, 2.24) is 0 Å². The summed E-state index contributed by atoms with van der Waals surface area (Å²) in [6.45, 7) is 4.23. The molecule has 0 spiro atoms. The van der Waals surface area contributed by atoms with Gasteiger partial charge in [0.15, 0.2) is 0 Å². The summed E-state index contributed by atoms with van der Waals surface area (Å²) in [5, 5.41) is 22.4. The van der Waals surface area contributed by atoms with E-state index < -0.39 is 16.8 Å². The number of hydrogen-bond donors (Lipinski definition) is 2. The Morgan fingerprint density at radius 1 is 1.15 bits per heavy atom. The summed E-state index contributed by atoms with van der Waals surface area (Å²) < 4.78 is 5.61. The molecule has 26 heavy (non-hydrogen) atoms. The number of non-ortho nitro benzene ring substituents is 1. The lowest BCUT2D eigenvalue weighted by Crippen LogP contribution is -2.14. The number of aromatic carboxylic acids is 1. The van der Waals surface area contributed by atoms with Gasteiger partial charge in [-0.05, 0) is 36.2 Å². The van der Waals surface area contributed by atoms with Gasteiger partial charge in [-0.1, -0.05) is 13.8 Å². The van der Waals surface area contributed by atoms with Gasteiger partial charge in [0.2, 0.25) is 0 Å². The molecule has 0 radical (unpaired) electrons. The molecule has 2 rings (SSSR count). The zero-order valence-electron chi connectivity index (χ0n) is 14.3. The minimum Gasteiger partial charge on any atom is -0.491 e. The molecular weight excluding hydrogens is 340 g/mol. The Balaban J connectivity index is 2.24. The fourth-order valence-corrected chi connectivity index (χ4v) is 2.06. The van der Waals surface area contributed by atoms with E-state index in [1.54, 1.807) is 0 Å². The summed E-state index contributed by atoms with van der Waals surface area (Å²) in [6.07, 6.45) is 0. The van der Waals surface area contributed by atoms with Gasteiger partial charge >= 0.3 is 5.97 Å². The lowest BCUT2D eigenvalue weighted by Gasteiger charge is -2.14. The maximum absolute atomic E-state index is 12.4. The van der Waals surface area contributed by atoms with Gasteiger partial charge in [-0.2, -0.15) is 0 Å². The molecule has 8 heteroatoms. The SMILES string of the molecule is CC(C)COc1cc(C(=O)O)ccc1NC(=O)c1ccc([N+](=O)[O-])cc1.